The van der Waals surface area contributed by atoms with E-state index in [1.807, 2.05) is 48.5 Å². The summed E-state index contributed by atoms with van der Waals surface area (Å²) in [5.74, 6) is 0.839. The number of pyridine rings is 1. The van der Waals surface area contributed by atoms with Gasteiger partial charge in [0.15, 0.2) is 0 Å². The molecule has 5 heterocycles. The Labute approximate surface area is 347 Å². The van der Waals surface area contributed by atoms with E-state index in [-0.39, 0.29) is 23.9 Å². The van der Waals surface area contributed by atoms with Gasteiger partial charge in [-0.3, -0.25) is 9.59 Å². The molecule has 4 N–H and O–H groups in total. The monoisotopic (exact) mass is 821 g/mol. The number of benzene rings is 2. The molecule has 0 bridgehead atoms. The highest BCUT2D eigenvalue weighted by Crippen LogP contribution is 2.35. The second-order valence-corrected chi connectivity index (χ2v) is 15.0. The summed E-state index contributed by atoms with van der Waals surface area (Å²) < 4.78 is 20.3. The van der Waals surface area contributed by atoms with Crippen molar-refractivity contribution in [2.45, 2.75) is 75.9 Å². The summed E-state index contributed by atoms with van der Waals surface area (Å²) in [6, 6.07) is 15.8. The summed E-state index contributed by atoms with van der Waals surface area (Å²) in [5, 5.41) is 6.20. The van der Waals surface area contributed by atoms with Gasteiger partial charge >= 0.3 is 12.2 Å². The number of aromatic amines is 2. The van der Waals surface area contributed by atoms with Crippen LogP contribution in [0.4, 0.5) is 9.59 Å². The number of likely N-dealkylation sites (tertiary alicyclic amines) is 2. The summed E-state index contributed by atoms with van der Waals surface area (Å²) in [4.78, 5) is 76.0. The zero-order chi connectivity index (χ0) is 42.5. The number of nitrogens with zero attached hydrogens (tertiary/aromatic N) is 5. The van der Waals surface area contributed by atoms with Crippen LogP contribution in [0.1, 0.15) is 63.3 Å². The minimum absolute atomic E-state index is 0.255. The van der Waals surface area contributed by atoms with Crippen LogP contribution in [0.3, 0.4) is 0 Å². The molecule has 2 aromatic carbocycles. The largest absolute Gasteiger partial charge is 0.453 e. The van der Waals surface area contributed by atoms with Gasteiger partial charge in [-0.15, -0.1) is 0 Å². The summed E-state index contributed by atoms with van der Waals surface area (Å²) >= 11 is 0. The first kappa shape index (κ1) is 41.8. The Hall–Kier alpha value is -6.33. The predicted octanol–water partition coefficient (Wildman–Crippen LogP) is 5.53. The van der Waals surface area contributed by atoms with Crippen molar-refractivity contribution in [1.29, 1.82) is 0 Å². The third-order valence-corrected chi connectivity index (χ3v) is 11.5. The molecular formula is C43H51N9O8. The smallest absolute Gasteiger partial charge is 0.407 e. The molecule has 0 saturated carbocycles. The van der Waals surface area contributed by atoms with E-state index in [4.69, 9.17) is 23.9 Å². The highest BCUT2D eigenvalue weighted by Gasteiger charge is 2.40. The molecule has 17 heteroatoms. The van der Waals surface area contributed by atoms with E-state index in [2.05, 4.69) is 36.6 Å². The van der Waals surface area contributed by atoms with Gasteiger partial charge in [-0.1, -0.05) is 36.4 Å². The molecule has 2 aliphatic heterocycles. The SMILES string of the molecule is COC(=O)NC(C(=O)N1CCC[C@H]1c1ncc(-c2ccc(-c3ccc4cc(-c5cnc([C@@H]6CCCN6C(=O)C(NC(=O)OC)[C@@H](C)OC)[nH]5)ccc4n3)cc2)[nH]1)[C@@H](C)OC. The summed E-state index contributed by atoms with van der Waals surface area (Å²) in [6.07, 6.45) is 4.09. The molecule has 2 aliphatic rings. The average Bonchev–Trinajstić information content (AvgIpc) is 4.13. The Bertz CT molecular complexity index is 2330. The number of rotatable bonds is 13. The molecule has 17 nitrogen and oxygen atoms in total. The first-order chi connectivity index (χ1) is 29.0. The lowest BCUT2D eigenvalue weighted by Gasteiger charge is -2.30. The fourth-order valence-corrected chi connectivity index (χ4v) is 7.97. The number of H-pyrrole nitrogens is 2. The Morgan fingerprint density at radius 2 is 1.15 bits per heavy atom. The molecule has 2 fully saturated rings. The fraction of sp³-hybridized carbons (Fsp3) is 0.419. The molecule has 0 spiro atoms. The van der Waals surface area contributed by atoms with E-state index in [1.54, 1.807) is 36.0 Å². The molecule has 6 atom stereocenters. The zero-order valence-corrected chi connectivity index (χ0v) is 34.6. The molecule has 60 heavy (non-hydrogen) atoms. The number of ether oxygens (including phenoxy) is 4. The number of methoxy groups -OCH3 is 4. The van der Waals surface area contributed by atoms with Crippen LogP contribution in [0, 0.1) is 0 Å². The number of amides is 4. The molecule has 0 aliphatic carbocycles. The van der Waals surface area contributed by atoms with Gasteiger partial charge < -0.3 is 49.3 Å². The third kappa shape index (κ3) is 8.67. The van der Waals surface area contributed by atoms with Crippen LogP contribution >= 0.6 is 0 Å². The van der Waals surface area contributed by atoms with Gasteiger partial charge in [0.25, 0.3) is 0 Å². The maximum absolute atomic E-state index is 13.7. The molecule has 5 aromatic rings. The molecule has 2 unspecified atom stereocenters. The van der Waals surface area contributed by atoms with Crippen molar-refractivity contribution in [3.8, 4) is 33.8 Å². The van der Waals surface area contributed by atoms with Crippen LogP contribution in [0.15, 0.2) is 67.0 Å². The van der Waals surface area contributed by atoms with Gasteiger partial charge in [-0.25, -0.2) is 24.5 Å². The summed E-state index contributed by atoms with van der Waals surface area (Å²) in [7, 11) is 5.50. The van der Waals surface area contributed by atoms with Crippen molar-refractivity contribution in [2.75, 3.05) is 41.5 Å². The van der Waals surface area contributed by atoms with Crippen LogP contribution in [0.2, 0.25) is 0 Å². The van der Waals surface area contributed by atoms with E-state index < -0.39 is 36.5 Å². The zero-order valence-electron chi connectivity index (χ0n) is 34.6. The molecule has 316 valence electrons. The average molecular weight is 822 g/mol. The highest BCUT2D eigenvalue weighted by molar-refractivity contribution is 5.88. The van der Waals surface area contributed by atoms with Crippen LogP contribution in [0.25, 0.3) is 44.7 Å². The first-order valence-corrected chi connectivity index (χ1v) is 20.0. The van der Waals surface area contributed by atoms with E-state index in [9.17, 15) is 19.2 Å². The van der Waals surface area contributed by atoms with Gasteiger partial charge in [0, 0.05) is 43.8 Å². The number of imidazole rings is 2. The van der Waals surface area contributed by atoms with E-state index in [1.165, 1.54) is 28.4 Å². The van der Waals surface area contributed by atoms with Crippen molar-refractivity contribution < 1.29 is 38.1 Å². The number of aromatic nitrogens is 5. The molecule has 3 aromatic heterocycles. The van der Waals surface area contributed by atoms with Crippen LogP contribution < -0.4 is 10.6 Å². The van der Waals surface area contributed by atoms with Gasteiger partial charge in [0.2, 0.25) is 11.8 Å². The second kappa shape index (κ2) is 18.3. The Kier molecular flexibility index (Phi) is 12.8. The normalized spacial score (nSPS) is 18.5. The highest BCUT2D eigenvalue weighted by atomic mass is 16.5. The number of fused-ring (bicyclic) bond motifs is 1. The molecule has 0 radical (unpaired) electrons. The van der Waals surface area contributed by atoms with E-state index in [0.29, 0.717) is 24.7 Å². The van der Waals surface area contributed by atoms with Crippen molar-refractivity contribution in [1.82, 2.24) is 45.4 Å². The van der Waals surface area contributed by atoms with Crippen molar-refractivity contribution >= 4 is 34.9 Å². The van der Waals surface area contributed by atoms with Gasteiger partial charge in [-0.2, -0.15) is 0 Å². The predicted molar refractivity (Wildman–Crippen MR) is 221 cm³/mol. The lowest BCUT2D eigenvalue weighted by Crippen LogP contribution is -2.54. The van der Waals surface area contributed by atoms with Crippen molar-refractivity contribution in [2.24, 2.45) is 0 Å². The number of carbonyl (C=O) groups is 4. The summed E-state index contributed by atoms with van der Waals surface area (Å²) in [6.45, 7) is 4.53. The van der Waals surface area contributed by atoms with E-state index >= 15 is 0 Å². The van der Waals surface area contributed by atoms with Crippen LogP contribution in [-0.4, -0.2) is 125 Å². The quantitative estimate of drug-likeness (QED) is 0.116. The number of hydrogen-bond donors (Lipinski definition) is 4. The Morgan fingerprint density at radius 3 is 1.65 bits per heavy atom. The summed E-state index contributed by atoms with van der Waals surface area (Å²) in [5.41, 5.74) is 6.11. The maximum Gasteiger partial charge on any atom is 0.407 e. The first-order valence-electron chi connectivity index (χ1n) is 20.0. The second-order valence-electron chi connectivity index (χ2n) is 15.0. The Morgan fingerprint density at radius 1 is 0.667 bits per heavy atom. The molecule has 7 rings (SSSR count). The van der Waals surface area contributed by atoms with Gasteiger partial charge in [0.1, 0.15) is 23.7 Å². The van der Waals surface area contributed by atoms with Crippen LogP contribution in [0.5, 0.6) is 0 Å². The number of nitrogens with one attached hydrogen (secondary N) is 4. The Balaban J connectivity index is 1.03. The minimum Gasteiger partial charge on any atom is -0.453 e. The molecular weight excluding hydrogens is 771 g/mol. The van der Waals surface area contributed by atoms with E-state index in [0.717, 1.165) is 70.4 Å². The van der Waals surface area contributed by atoms with Crippen molar-refractivity contribution in [3.63, 3.8) is 0 Å². The van der Waals surface area contributed by atoms with Gasteiger partial charge in [-0.05, 0) is 63.3 Å². The standard InChI is InChI=1S/C43H51N9O8/c1-24(57-3)36(49-42(55)59-5)40(53)51-19-7-9-34(51)38-44-22-32(47-38)27-13-11-26(12-14-27)30-17-15-28-21-29(16-18-31(28)46-30)33-23-45-39(48-33)35-10-8-20-52(35)41(54)37(25(2)58-4)50-43(56)60-6/h11-18,21-25,34-37H,7-10,19-20H2,1-6H3,(H,44,47)(H,45,48)(H,49,55)(H,50,56)/t24-,25-,34+,35+,36?,37?/m1/s1. The maximum atomic E-state index is 13.7. The third-order valence-electron chi connectivity index (χ3n) is 11.5. The fourth-order valence-electron chi connectivity index (χ4n) is 7.97. The van der Waals surface area contributed by atoms with Crippen LogP contribution in [-0.2, 0) is 28.5 Å². The molecule has 2 saturated heterocycles. The molecule has 4 amide bonds. The number of hydrogen-bond acceptors (Lipinski definition) is 11. The number of alkyl carbamates (subject to hydrolysis) is 2. The number of carbonyl (C=O) groups excluding carboxylic acids is 4. The lowest BCUT2D eigenvalue weighted by molar-refractivity contribution is -0.138. The van der Waals surface area contributed by atoms with Gasteiger partial charge in [0.05, 0.1) is 73.5 Å². The topological polar surface area (TPSA) is 206 Å². The lowest BCUT2D eigenvalue weighted by atomic mass is 10.0. The van der Waals surface area contributed by atoms with Crippen molar-refractivity contribution in [3.05, 3.63) is 78.6 Å². The minimum atomic E-state index is -0.906.